The van der Waals surface area contributed by atoms with E-state index in [2.05, 4.69) is 0 Å². The molecule has 22 heavy (non-hydrogen) atoms. The van der Waals surface area contributed by atoms with Crippen molar-refractivity contribution in [2.24, 2.45) is 0 Å². The van der Waals surface area contributed by atoms with Crippen molar-refractivity contribution in [3.05, 3.63) is 96.6 Å². The molecule has 0 aliphatic carbocycles. The first-order valence-corrected chi connectivity index (χ1v) is 7.02. The Morgan fingerprint density at radius 2 is 1.50 bits per heavy atom. The van der Waals surface area contributed by atoms with Gasteiger partial charge in [-0.05, 0) is 23.8 Å². The van der Waals surface area contributed by atoms with Gasteiger partial charge < -0.3 is 4.74 Å². The number of hydrogen-bond donors (Lipinski definition) is 0. The van der Waals surface area contributed by atoms with Crippen molar-refractivity contribution in [2.45, 2.75) is 6.61 Å². The molecule has 2 aromatic heterocycles. The van der Waals surface area contributed by atoms with E-state index in [1.54, 1.807) is 12.3 Å². The maximum Gasteiger partial charge on any atom is 0.340 e. The number of hydrogen-bond acceptors (Lipinski definition) is 2. The molecule has 0 amide bonds. The van der Waals surface area contributed by atoms with Gasteiger partial charge in [-0.3, -0.25) is 9.03 Å². The van der Waals surface area contributed by atoms with Crippen molar-refractivity contribution >= 4 is 5.97 Å². The lowest BCUT2D eigenvalue weighted by molar-refractivity contribution is 0.0471. The van der Waals surface area contributed by atoms with Crippen LogP contribution in [0.4, 0.5) is 0 Å². The zero-order chi connectivity index (χ0) is 15.2. The average molecular weight is 292 g/mol. The van der Waals surface area contributed by atoms with E-state index in [0.717, 1.165) is 5.56 Å². The maximum absolute atomic E-state index is 12.2. The number of carbonyl (C=O) groups is 1. The SMILES string of the molecule is O=C(OCc1ccccc1)c1ccn2ccccccn2c1. The third-order valence-corrected chi connectivity index (χ3v) is 3.20. The molecule has 4 heteroatoms. The maximum atomic E-state index is 12.2. The molecule has 2 heterocycles. The smallest absolute Gasteiger partial charge is 0.340 e. The second-order valence-corrected chi connectivity index (χ2v) is 4.79. The third kappa shape index (κ3) is 3.35. The summed E-state index contributed by atoms with van der Waals surface area (Å²) in [6.07, 6.45) is 7.33. The van der Waals surface area contributed by atoms with Crippen LogP contribution in [-0.2, 0) is 11.3 Å². The van der Waals surface area contributed by atoms with Gasteiger partial charge in [-0.1, -0.05) is 42.5 Å². The molecule has 0 saturated heterocycles. The van der Waals surface area contributed by atoms with Gasteiger partial charge in [0.05, 0.1) is 5.56 Å². The molecule has 0 saturated carbocycles. The van der Waals surface area contributed by atoms with Gasteiger partial charge in [0.15, 0.2) is 0 Å². The molecule has 0 fully saturated rings. The van der Waals surface area contributed by atoms with Gasteiger partial charge >= 0.3 is 5.97 Å². The van der Waals surface area contributed by atoms with Crippen LogP contribution in [0.15, 0.2) is 85.5 Å². The molecular weight excluding hydrogens is 276 g/mol. The standard InChI is InChI=1S/C18H16N2O2/c21-18(22-15-16-8-4-3-5-9-16)17-10-13-19-11-6-1-2-7-12-20(19)14-17/h1-14H,15H2. The van der Waals surface area contributed by atoms with Gasteiger partial charge in [0.1, 0.15) is 6.61 Å². The first-order chi connectivity index (χ1) is 10.8. The molecule has 3 rings (SSSR count). The van der Waals surface area contributed by atoms with E-state index in [9.17, 15) is 4.79 Å². The molecular formula is C18H16N2O2. The van der Waals surface area contributed by atoms with Crippen LogP contribution in [-0.4, -0.2) is 15.0 Å². The number of ether oxygens (including phenoxy) is 1. The first kappa shape index (κ1) is 13.9. The molecule has 1 aromatic carbocycles. The fraction of sp³-hybridized carbons (Fsp3) is 0.0556. The largest absolute Gasteiger partial charge is 0.457 e. The van der Waals surface area contributed by atoms with Crippen LogP contribution in [0, 0.1) is 0 Å². The molecule has 0 unspecified atom stereocenters. The molecule has 0 aliphatic rings. The van der Waals surface area contributed by atoms with Gasteiger partial charge in [0.2, 0.25) is 0 Å². The second kappa shape index (κ2) is 6.63. The van der Waals surface area contributed by atoms with Crippen LogP contribution >= 0.6 is 0 Å². The highest BCUT2D eigenvalue weighted by molar-refractivity contribution is 5.88. The summed E-state index contributed by atoms with van der Waals surface area (Å²) in [5.74, 6) is -0.338. The summed E-state index contributed by atoms with van der Waals surface area (Å²) in [4.78, 5) is 12.2. The molecule has 110 valence electrons. The Morgan fingerprint density at radius 3 is 2.27 bits per heavy atom. The Labute approximate surface area is 128 Å². The van der Waals surface area contributed by atoms with Gasteiger partial charge in [0, 0.05) is 24.8 Å². The fourth-order valence-corrected chi connectivity index (χ4v) is 2.06. The summed E-state index contributed by atoms with van der Waals surface area (Å²) in [7, 11) is 0. The molecule has 0 bridgehead atoms. The molecule has 3 aromatic rings. The van der Waals surface area contributed by atoms with Crippen LogP contribution in [0.3, 0.4) is 0 Å². The van der Waals surface area contributed by atoms with Crippen molar-refractivity contribution in [1.82, 2.24) is 9.03 Å². The third-order valence-electron chi connectivity index (χ3n) is 3.20. The number of nitrogens with zero attached hydrogens (tertiary/aromatic N) is 2. The predicted octanol–water partition coefficient (Wildman–Crippen LogP) is 3.52. The average Bonchev–Trinajstić information content (AvgIpc) is 2.54. The van der Waals surface area contributed by atoms with Crippen molar-refractivity contribution in [2.75, 3.05) is 0 Å². The van der Waals surface area contributed by atoms with Crippen LogP contribution < -0.4 is 0 Å². The lowest BCUT2D eigenvalue weighted by atomic mass is 10.2. The van der Waals surface area contributed by atoms with Crippen molar-refractivity contribution in [3.8, 4) is 0 Å². The molecule has 4 nitrogen and oxygen atoms in total. The Hall–Kier alpha value is -3.01. The topological polar surface area (TPSA) is 35.1 Å². The van der Waals surface area contributed by atoms with Crippen molar-refractivity contribution < 1.29 is 9.53 Å². The number of aromatic nitrogens is 2. The highest BCUT2D eigenvalue weighted by Crippen LogP contribution is 2.05. The minimum atomic E-state index is -0.338. The molecule has 0 aliphatic heterocycles. The lowest BCUT2D eigenvalue weighted by Gasteiger charge is -2.07. The van der Waals surface area contributed by atoms with Crippen molar-refractivity contribution in [1.29, 1.82) is 0 Å². The number of benzene rings is 1. The Morgan fingerprint density at radius 1 is 0.818 bits per heavy atom. The Kier molecular flexibility index (Phi) is 4.20. The Balaban J connectivity index is 1.81. The summed E-state index contributed by atoms with van der Waals surface area (Å²) in [5, 5.41) is 0. The van der Waals surface area contributed by atoms with Crippen LogP contribution in [0.2, 0.25) is 0 Å². The highest BCUT2D eigenvalue weighted by Gasteiger charge is 2.07. The molecule has 0 atom stereocenters. The minimum absolute atomic E-state index is 0.271. The molecule has 0 N–H and O–H groups in total. The number of carbonyl (C=O) groups excluding carboxylic acids is 1. The van der Waals surface area contributed by atoms with Gasteiger partial charge in [-0.15, -0.1) is 0 Å². The zero-order valence-electron chi connectivity index (χ0n) is 12.0. The lowest BCUT2D eigenvalue weighted by Crippen LogP contribution is -2.08. The van der Waals surface area contributed by atoms with Crippen LogP contribution in [0.1, 0.15) is 15.9 Å². The van der Waals surface area contributed by atoms with E-state index < -0.39 is 0 Å². The van der Waals surface area contributed by atoms with E-state index in [1.165, 1.54) is 0 Å². The van der Waals surface area contributed by atoms with Gasteiger partial charge in [-0.2, -0.15) is 0 Å². The predicted molar refractivity (Wildman–Crippen MR) is 84.0 cm³/mol. The quantitative estimate of drug-likeness (QED) is 0.692. The molecule has 0 spiro atoms. The van der Waals surface area contributed by atoms with E-state index >= 15 is 0 Å². The van der Waals surface area contributed by atoms with Crippen molar-refractivity contribution in [3.63, 3.8) is 0 Å². The van der Waals surface area contributed by atoms with E-state index in [1.807, 2.05) is 82.2 Å². The van der Waals surface area contributed by atoms with Gasteiger partial charge in [0.25, 0.3) is 0 Å². The van der Waals surface area contributed by atoms with Crippen LogP contribution in [0.25, 0.3) is 0 Å². The summed E-state index contributed by atoms with van der Waals surface area (Å²) in [6, 6.07) is 19.1. The highest BCUT2D eigenvalue weighted by atomic mass is 16.5. The van der Waals surface area contributed by atoms with Crippen LogP contribution in [0.5, 0.6) is 0 Å². The van der Waals surface area contributed by atoms with E-state index in [0.29, 0.717) is 5.56 Å². The number of esters is 1. The minimum Gasteiger partial charge on any atom is -0.457 e. The monoisotopic (exact) mass is 292 g/mol. The molecule has 0 radical (unpaired) electrons. The summed E-state index contributed by atoms with van der Waals surface area (Å²) in [6.45, 7) is 0.271. The normalized spacial score (nSPS) is 10.2. The number of rotatable bonds is 3. The zero-order valence-corrected chi connectivity index (χ0v) is 12.0. The van der Waals surface area contributed by atoms with E-state index in [-0.39, 0.29) is 12.6 Å². The second-order valence-electron chi connectivity index (χ2n) is 4.79. The number of fused-ring (bicyclic) bond motifs is 1. The van der Waals surface area contributed by atoms with Gasteiger partial charge in [-0.25, -0.2) is 4.79 Å². The summed E-state index contributed by atoms with van der Waals surface area (Å²) in [5.41, 5.74) is 1.48. The summed E-state index contributed by atoms with van der Waals surface area (Å²) >= 11 is 0. The fourth-order valence-electron chi connectivity index (χ4n) is 2.06. The first-order valence-electron chi connectivity index (χ1n) is 7.02. The summed E-state index contributed by atoms with van der Waals surface area (Å²) < 4.78 is 9.03. The van der Waals surface area contributed by atoms with E-state index in [4.69, 9.17) is 4.74 Å². The Bertz CT molecular complexity index is 817.